The highest BCUT2D eigenvalue weighted by Gasteiger charge is 2.12. The highest BCUT2D eigenvalue weighted by Crippen LogP contribution is 2.12. The van der Waals surface area contributed by atoms with E-state index in [1.54, 1.807) is 6.92 Å². The average molecular weight is 231 g/mol. The molecular weight excluding hydrogens is 213 g/mol. The van der Waals surface area contributed by atoms with Gasteiger partial charge in [-0.3, -0.25) is 10.2 Å². The average Bonchev–Trinajstić information content (AvgIpc) is 2.21. The van der Waals surface area contributed by atoms with Crippen molar-refractivity contribution in [2.45, 2.75) is 32.7 Å². The summed E-state index contributed by atoms with van der Waals surface area (Å²) in [4.78, 5) is 10.4. The van der Waals surface area contributed by atoms with Crippen LogP contribution < -0.4 is 11.1 Å². The minimum Gasteiger partial charge on any atom is -0.480 e. The molecule has 0 aliphatic heterocycles. The molecule has 0 unspecified atom stereocenters. The molecule has 0 aliphatic rings. The quantitative estimate of drug-likeness (QED) is 0.405. The molecule has 0 aromatic carbocycles. The van der Waals surface area contributed by atoms with Gasteiger partial charge < -0.3 is 16.2 Å². The van der Waals surface area contributed by atoms with E-state index in [1.807, 2.05) is 0 Å². The Kier molecular flexibility index (Phi) is 6.32. The van der Waals surface area contributed by atoms with Crippen LogP contribution >= 0.6 is 0 Å². The van der Waals surface area contributed by atoms with E-state index in [1.165, 1.54) is 6.92 Å². The van der Waals surface area contributed by atoms with E-state index < -0.39 is 12.0 Å². The molecule has 0 aromatic heterocycles. The first-order valence-corrected chi connectivity index (χ1v) is 4.96. The van der Waals surface area contributed by atoms with Crippen LogP contribution in [0.4, 0.5) is 4.39 Å². The minimum absolute atomic E-state index is 0.0382. The van der Waals surface area contributed by atoms with Gasteiger partial charge in [0.05, 0.1) is 12.4 Å². The first-order valence-electron chi connectivity index (χ1n) is 4.96. The molecule has 0 radical (unpaired) electrons. The van der Waals surface area contributed by atoms with Crippen molar-refractivity contribution < 1.29 is 14.3 Å². The van der Waals surface area contributed by atoms with Gasteiger partial charge in [0, 0.05) is 0 Å². The van der Waals surface area contributed by atoms with Gasteiger partial charge in [0.2, 0.25) is 0 Å². The van der Waals surface area contributed by atoms with E-state index in [0.29, 0.717) is 12.0 Å². The van der Waals surface area contributed by atoms with Crippen LogP contribution in [0.3, 0.4) is 0 Å². The lowest BCUT2D eigenvalue weighted by Gasteiger charge is -2.08. The van der Waals surface area contributed by atoms with Crippen molar-refractivity contribution in [3.8, 4) is 0 Å². The molecule has 6 heteroatoms. The molecule has 92 valence electrons. The molecular formula is C10H18FN3O2. The second kappa shape index (κ2) is 6.95. The number of allylic oxidation sites excluding steroid dienone is 1. The molecule has 5 N–H and O–H groups in total. The molecule has 1 atom stereocenters. The summed E-state index contributed by atoms with van der Waals surface area (Å²) in [5, 5.41) is 18.1. The molecule has 0 aromatic rings. The highest BCUT2D eigenvalue weighted by atomic mass is 19.1. The maximum absolute atomic E-state index is 13.3. The third-order valence-corrected chi connectivity index (χ3v) is 2.12. The Balaban J connectivity index is 4.10. The number of nitrogens with two attached hydrogens (primary N) is 1. The molecule has 5 nitrogen and oxygen atoms in total. The predicted molar refractivity (Wildman–Crippen MR) is 60.1 cm³/mol. The number of rotatable bonds is 6. The van der Waals surface area contributed by atoms with Crippen molar-refractivity contribution in [1.82, 2.24) is 5.32 Å². The highest BCUT2D eigenvalue weighted by molar-refractivity contribution is 5.76. The van der Waals surface area contributed by atoms with Crippen molar-refractivity contribution >= 4 is 11.8 Å². The Morgan fingerprint density at radius 1 is 1.56 bits per heavy atom. The van der Waals surface area contributed by atoms with Gasteiger partial charge in [0.15, 0.2) is 0 Å². The van der Waals surface area contributed by atoms with Crippen LogP contribution in [-0.2, 0) is 4.79 Å². The molecule has 0 heterocycles. The number of hydrogen-bond donors (Lipinski definition) is 4. The summed E-state index contributed by atoms with van der Waals surface area (Å²) in [5.74, 6) is -1.27. The Morgan fingerprint density at radius 2 is 2.12 bits per heavy atom. The normalized spacial score (nSPS) is 14.0. The van der Waals surface area contributed by atoms with E-state index in [9.17, 15) is 9.18 Å². The van der Waals surface area contributed by atoms with Crippen LogP contribution in [0.25, 0.3) is 0 Å². The van der Waals surface area contributed by atoms with Crippen molar-refractivity contribution in [2.24, 2.45) is 5.73 Å². The first-order chi connectivity index (χ1) is 7.34. The summed E-state index contributed by atoms with van der Waals surface area (Å²) in [7, 11) is 0. The van der Waals surface area contributed by atoms with Gasteiger partial charge in [-0.05, 0) is 32.3 Å². The summed E-state index contributed by atoms with van der Waals surface area (Å²) in [6, 6.07) is -0.958. The number of amidine groups is 1. The second-order valence-corrected chi connectivity index (χ2v) is 3.65. The fourth-order valence-electron chi connectivity index (χ4n) is 0.992. The van der Waals surface area contributed by atoms with E-state index in [2.05, 4.69) is 5.32 Å². The minimum atomic E-state index is -1.08. The molecule has 0 aliphatic carbocycles. The van der Waals surface area contributed by atoms with Gasteiger partial charge in [-0.25, -0.2) is 4.39 Å². The van der Waals surface area contributed by atoms with E-state index in [0.717, 1.165) is 0 Å². The van der Waals surface area contributed by atoms with Gasteiger partial charge in [0.25, 0.3) is 0 Å². The molecule has 0 spiro atoms. The SMILES string of the molecule is CC(=N)NC/C(F)=C(/C)CC[C@H](N)C(=O)O. The zero-order valence-electron chi connectivity index (χ0n) is 9.51. The maximum atomic E-state index is 13.3. The Hall–Kier alpha value is -1.43. The molecule has 0 bridgehead atoms. The van der Waals surface area contributed by atoms with Gasteiger partial charge in [0.1, 0.15) is 11.9 Å². The van der Waals surface area contributed by atoms with E-state index in [4.69, 9.17) is 16.2 Å². The Morgan fingerprint density at radius 3 is 2.56 bits per heavy atom. The number of halogens is 1. The number of nitrogens with one attached hydrogen (secondary N) is 2. The zero-order valence-corrected chi connectivity index (χ0v) is 9.51. The largest absolute Gasteiger partial charge is 0.480 e. The van der Waals surface area contributed by atoms with Gasteiger partial charge in [-0.15, -0.1) is 0 Å². The Labute approximate surface area is 94.0 Å². The van der Waals surface area contributed by atoms with Gasteiger partial charge in [-0.2, -0.15) is 0 Å². The van der Waals surface area contributed by atoms with Crippen molar-refractivity contribution in [3.05, 3.63) is 11.4 Å². The van der Waals surface area contributed by atoms with Crippen molar-refractivity contribution in [1.29, 1.82) is 5.41 Å². The van der Waals surface area contributed by atoms with Crippen LogP contribution in [0, 0.1) is 5.41 Å². The first kappa shape index (κ1) is 14.6. The summed E-state index contributed by atoms with van der Waals surface area (Å²) in [6.45, 7) is 3.07. The molecule has 0 rings (SSSR count). The lowest BCUT2D eigenvalue weighted by Crippen LogP contribution is -2.30. The molecule has 16 heavy (non-hydrogen) atoms. The summed E-state index contributed by atoms with van der Waals surface area (Å²) in [6.07, 6.45) is 0.510. The number of hydrogen-bond acceptors (Lipinski definition) is 3. The fraction of sp³-hybridized carbons (Fsp3) is 0.600. The zero-order chi connectivity index (χ0) is 12.7. The number of carboxylic acids is 1. The van der Waals surface area contributed by atoms with Gasteiger partial charge in [-0.1, -0.05) is 0 Å². The van der Waals surface area contributed by atoms with Crippen LogP contribution in [0.15, 0.2) is 11.4 Å². The third-order valence-electron chi connectivity index (χ3n) is 2.12. The molecule has 0 fully saturated rings. The summed E-state index contributed by atoms with van der Waals surface area (Å²) < 4.78 is 13.3. The van der Waals surface area contributed by atoms with Crippen molar-refractivity contribution in [2.75, 3.05) is 6.54 Å². The van der Waals surface area contributed by atoms with E-state index in [-0.39, 0.29) is 24.6 Å². The molecule has 0 saturated heterocycles. The second-order valence-electron chi connectivity index (χ2n) is 3.65. The standard InChI is InChI=1S/C10H18FN3O2/c1-6(3-4-9(13)10(15)16)8(11)5-14-7(2)12/h9H,3-5,13H2,1-2H3,(H2,12,14)(H,15,16)/b8-6+/t9-/m0/s1. The smallest absolute Gasteiger partial charge is 0.320 e. The van der Waals surface area contributed by atoms with Crippen LogP contribution in [0.1, 0.15) is 26.7 Å². The Bertz CT molecular complexity index is 302. The number of carbonyl (C=O) groups is 1. The van der Waals surface area contributed by atoms with Crippen LogP contribution in [0.2, 0.25) is 0 Å². The topological polar surface area (TPSA) is 99.2 Å². The lowest BCUT2D eigenvalue weighted by atomic mass is 10.1. The third kappa shape index (κ3) is 6.13. The van der Waals surface area contributed by atoms with Crippen LogP contribution in [0.5, 0.6) is 0 Å². The molecule has 0 saturated carbocycles. The lowest BCUT2D eigenvalue weighted by molar-refractivity contribution is -0.138. The predicted octanol–water partition coefficient (Wildman–Crippen LogP) is 1.01. The van der Waals surface area contributed by atoms with Gasteiger partial charge >= 0.3 is 5.97 Å². The van der Waals surface area contributed by atoms with E-state index >= 15 is 0 Å². The fourth-order valence-corrected chi connectivity index (χ4v) is 0.992. The summed E-state index contributed by atoms with van der Waals surface area (Å²) >= 11 is 0. The maximum Gasteiger partial charge on any atom is 0.320 e. The molecule has 0 amide bonds. The number of aliphatic carboxylic acids is 1. The van der Waals surface area contributed by atoms with Crippen LogP contribution in [-0.4, -0.2) is 29.5 Å². The van der Waals surface area contributed by atoms with Crippen molar-refractivity contribution in [3.63, 3.8) is 0 Å². The summed E-state index contributed by atoms with van der Waals surface area (Å²) in [5.41, 5.74) is 5.76. The number of carboxylic acid groups (broad SMARTS) is 1. The monoisotopic (exact) mass is 231 g/mol.